The Morgan fingerprint density at radius 1 is 1.00 bits per heavy atom. The lowest BCUT2D eigenvalue weighted by atomic mass is 10.1. The lowest BCUT2D eigenvalue weighted by Gasteiger charge is -2.20. The normalized spacial score (nSPS) is 15.2. The average Bonchev–Trinajstić information content (AvgIpc) is 2.99. The van der Waals surface area contributed by atoms with E-state index in [2.05, 4.69) is 35.9 Å². The molecule has 0 radical (unpaired) electrons. The molecule has 2 aromatic rings. The number of nitrogens with zero attached hydrogens (tertiary/aromatic N) is 2. The van der Waals surface area contributed by atoms with Gasteiger partial charge in [0.05, 0.1) is 0 Å². The molecular formula is C21H22N2O2. The number of esters is 1. The summed E-state index contributed by atoms with van der Waals surface area (Å²) in [6, 6.07) is 15.9. The zero-order valence-electron chi connectivity index (χ0n) is 14.8. The first-order valence-electron chi connectivity index (χ1n) is 8.55. The van der Waals surface area contributed by atoms with E-state index >= 15 is 0 Å². The van der Waals surface area contributed by atoms with Gasteiger partial charge in [-0.25, -0.2) is 9.79 Å². The minimum atomic E-state index is -0.414. The Morgan fingerprint density at radius 2 is 1.64 bits per heavy atom. The molecule has 2 aromatic carbocycles. The monoisotopic (exact) mass is 334 g/mol. The Bertz CT molecular complexity index is 814. The van der Waals surface area contributed by atoms with Crippen LogP contribution in [0.5, 0.6) is 0 Å². The molecule has 128 valence electrons. The van der Waals surface area contributed by atoms with E-state index < -0.39 is 5.97 Å². The van der Waals surface area contributed by atoms with E-state index in [1.165, 1.54) is 5.69 Å². The number of cyclic esters (lactones) is 1. The van der Waals surface area contributed by atoms with Gasteiger partial charge in [0.25, 0.3) is 0 Å². The van der Waals surface area contributed by atoms with Crippen molar-refractivity contribution in [3.05, 3.63) is 70.9 Å². The Morgan fingerprint density at radius 3 is 2.24 bits per heavy atom. The number of benzene rings is 2. The first-order chi connectivity index (χ1) is 12.1. The zero-order valence-corrected chi connectivity index (χ0v) is 14.8. The molecule has 0 N–H and O–H groups in total. The van der Waals surface area contributed by atoms with Gasteiger partial charge in [0.15, 0.2) is 5.70 Å². The number of rotatable bonds is 5. The topological polar surface area (TPSA) is 41.9 Å². The van der Waals surface area contributed by atoms with Crippen LogP contribution in [0.25, 0.3) is 6.08 Å². The molecule has 0 spiro atoms. The van der Waals surface area contributed by atoms with Gasteiger partial charge in [-0.1, -0.05) is 29.8 Å². The molecule has 0 aromatic heterocycles. The van der Waals surface area contributed by atoms with Crippen LogP contribution >= 0.6 is 0 Å². The maximum Gasteiger partial charge on any atom is 0.363 e. The van der Waals surface area contributed by atoms with Crippen molar-refractivity contribution in [2.45, 2.75) is 20.8 Å². The van der Waals surface area contributed by atoms with Crippen molar-refractivity contribution in [1.82, 2.24) is 0 Å². The van der Waals surface area contributed by atoms with Gasteiger partial charge >= 0.3 is 5.97 Å². The van der Waals surface area contributed by atoms with Gasteiger partial charge in [0, 0.05) is 24.3 Å². The second kappa shape index (κ2) is 7.34. The van der Waals surface area contributed by atoms with Crippen LogP contribution in [0, 0.1) is 6.92 Å². The van der Waals surface area contributed by atoms with Crippen LogP contribution in [-0.2, 0) is 9.53 Å². The SMILES string of the molecule is CCN(CC)c1ccc(/C=C2/N=C(c3ccc(C)cc3)OC2=O)cc1. The highest BCUT2D eigenvalue weighted by Gasteiger charge is 2.23. The quantitative estimate of drug-likeness (QED) is 0.608. The lowest BCUT2D eigenvalue weighted by Crippen LogP contribution is -2.21. The molecule has 0 fully saturated rings. The number of hydrogen-bond acceptors (Lipinski definition) is 4. The van der Waals surface area contributed by atoms with Crippen molar-refractivity contribution >= 4 is 23.6 Å². The number of carbonyl (C=O) groups excluding carboxylic acids is 1. The van der Waals surface area contributed by atoms with Crippen LogP contribution in [-0.4, -0.2) is 25.0 Å². The van der Waals surface area contributed by atoms with Crippen molar-refractivity contribution in [1.29, 1.82) is 0 Å². The van der Waals surface area contributed by atoms with Crippen LogP contribution in [0.3, 0.4) is 0 Å². The number of aryl methyl sites for hydroxylation is 1. The minimum Gasteiger partial charge on any atom is -0.402 e. The summed E-state index contributed by atoms with van der Waals surface area (Å²) in [6.07, 6.45) is 1.76. The molecule has 0 bridgehead atoms. The number of carbonyl (C=O) groups is 1. The van der Waals surface area contributed by atoms with Crippen molar-refractivity contribution in [2.24, 2.45) is 4.99 Å². The fourth-order valence-electron chi connectivity index (χ4n) is 2.76. The molecule has 3 rings (SSSR count). The van der Waals surface area contributed by atoms with Crippen LogP contribution < -0.4 is 4.90 Å². The molecule has 0 saturated carbocycles. The van der Waals surface area contributed by atoms with Crippen LogP contribution in [0.15, 0.2) is 59.2 Å². The molecule has 25 heavy (non-hydrogen) atoms. The van der Waals surface area contributed by atoms with Gasteiger partial charge in [-0.15, -0.1) is 0 Å². The summed E-state index contributed by atoms with van der Waals surface area (Å²) in [5.41, 5.74) is 4.38. The van der Waals surface area contributed by atoms with E-state index in [0.29, 0.717) is 11.6 Å². The Balaban J connectivity index is 1.83. The van der Waals surface area contributed by atoms with E-state index in [-0.39, 0.29) is 0 Å². The highest BCUT2D eigenvalue weighted by molar-refractivity contribution is 6.12. The second-order valence-corrected chi connectivity index (χ2v) is 5.97. The fourth-order valence-corrected chi connectivity index (χ4v) is 2.76. The minimum absolute atomic E-state index is 0.325. The molecule has 0 saturated heterocycles. The van der Waals surface area contributed by atoms with E-state index in [1.807, 2.05) is 43.3 Å². The summed E-state index contributed by atoms with van der Waals surface area (Å²) in [7, 11) is 0. The molecule has 0 unspecified atom stereocenters. The average molecular weight is 334 g/mol. The fraction of sp³-hybridized carbons (Fsp3) is 0.238. The third-order valence-electron chi connectivity index (χ3n) is 4.24. The highest BCUT2D eigenvalue weighted by atomic mass is 16.6. The first kappa shape index (κ1) is 17.0. The number of anilines is 1. The molecule has 0 atom stereocenters. The third-order valence-corrected chi connectivity index (χ3v) is 4.24. The maximum absolute atomic E-state index is 12.1. The second-order valence-electron chi connectivity index (χ2n) is 5.97. The third kappa shape index (κ3) is 3.79. The van der Waals surface area contributed by atoms with E-state index in [1.54, 1.807) is 6.08 Å². The van der Waals surface area contributed by atoms with Gasteiger partial charge in [0.2, 0.25) is 5.90 Å². The molecule has 1 aliphatic rings. The van der Waals surface area contributed by atoms with Gasteiger partial charge in [-0.2, -0.15) is 0 Å². The Hall–Kier alpha value is -2.88. The van der Waals surface area contributed by atoms with Crippen molar-refractivity contribution in [2.75, 3.05) is 18.0 Å². The predicted molar refractivity (Wildman–Crippen MR) is 102 cm³/mol. The van der Waals surface area contributed by atoms with E-state index in [0.717, 1.165) is 29.8 Å². The van der Waals surface area contributed by atoms with Gasteiger partial charge < -0.3 is 9.64 Å². The van der Waals surface area contributed by atoms with Crippen LogP contribution in [0.4, 0.5) is 5.69 Å². The number of hydrogen-bond donors (Lipinski definition) is 0. The van der Waals surface area contributed by atoms with Crippen molar-refractivity contribution in [3.8, 4) is 0 Å². The predicted octanol–water partition coefficient (Wildman–Crippen LogP) is 4.19. The summed E-state index contributed by atoms with van der Waals surface area (Å²) in [6.45, 7) is 8.21. The largest absolute Gasteiger partial charge is 0.402 e. The smallest absolute Gasteiger partial charge is 0.363 e. The zero-order chi connectivity index (χ0) is 17.8. The summed E-state index contributed by atoms with van der Waals surface area (Å²) in [5, 5.41) is 0. The Labute approximate surface area is 148 Å². The summed E-state index contributed by atoms with van der Waals surface area (Å²) in [4.78, 5) is 18.7. The lowest BCUT2D eigenvalue weighted by molar-refractivity contribution is -0.129. The number of ether oxygens (including phenoxy) is 1. The Kier molecular flexibility index (Phi) is 4.98. The summed E-state index contributed by atoms with van der Waals surface area (Å²) in [5.74, 6) is -0.0561. The van der Waals surface area contributed by atoms with E-state index in [9.17, 15) is 4.79 Å². The van der Waals surface area contributed by atoms with Crippen molar-refractivity contribution < 1.29 is 9.53 Å². The van der Waals surface area contributed by atoms with Gasteiger partial charge in [-0.3, -0.25) is 0 Å². The van der Waals surface area contributed by atoms with E-state index in [4.69, 9.17) is 4.74 Å². The summed E-state index contributed by atoms with van der Waals surface area (Å²) < 4.78 is 5.30. The molecule has 0 aliphatic carbocycles. The standard InChI is InChI=1S/C21H22N2O2/c1-4-23(5-2)18-12-8-16(9-13-18)14-19-21(24)25-20(22-19)17-10-6-15(3)7-11-17/h6-14H,4-5H2,1-3H3/b19-14+. The van der Waals surface area contributed by atoms with Crippen LogP contribution in [0.1, 0.15) is 30.5 Å². The van der Waals surface area contributed by atoms with Crippen LogP contribution in [0.2, 0.25) is 0 Å². The molecule has 1 heterocycles. The maximum atomic E-state index is 12.1. The highest BCUT2D eigenvalue weighted by Crippen LogP contribution is 2.21. The van der Waals surface area contributed by atoms with Gasteiger partial charge in [0.1, 0.15) is 0 Å². The molecule has 0 amide bonds. The molecule has 4 heteroatoms. The molecule has 1 aliphatic heterocycles. The van der Waals surface area contributed by atoms with Crippen molar-refractivity contribution in [3.63, 3.8) is 0 Å². The van der Waals surface area contributed by atoms with Gasteiger partial charge in [-0.05, 0) is 56.7 Å². The molecule has 4 nitrogen and oxygen atoms in total. The molecular weight excluding hydrogens is 312 g/mol. The summed E-state index contributed by atoms with van der Waals surface area (Å²) >= 11 is 0. The first-order valence-corrected chi connectivity index (χ1v) is 8.55. The number of aliphatic imine (C=N–C) groups is 1.